The van der Waals surface area contributed by atoms with E-state index in [1.54, 1.807) is 29.8 Å². The normalized spacial score (nSPS) is 15.7. The Morgan fingerprint density at radius 2 is 2.03 bits per heavy atom. The molecule has 7 nitrogen and oxygen atoms in total. The Bertz CT molecular complexity index is 784. The van der Waals surface area contributed by atoms with Crippen molar-refractivity contribution >= 4 is 33.8 Å². The van der Waals surface area contributed by atoms with E-state index in [1.807, 2.05) is 6.92 Å². The van der Waals surface area contributed by atoms with Gasteiger partial charge in [0.2, 0.25) is 0 Å². The molecule has 0 aliphatic carbocycles. The highest BCUT2D eigenvalue weighted by atomic mass is 32.1. The molecule has 1 aliphatic heterocycles. The lowest BCUT2D eigenvalue weighted by molar-refractivity contribution is 0.119. The Morgan fingerprint density at radius 1 is 1.28 bits per heavy atom. The Kier molecular flexibility index (Phi) is 8.26. The van der Waals surface area contributed by atoms with E-state index in [-0.39, 0.29) is 6.10 Å². The van der Waals surface area contributed by atoms with Crippen LogP contribution in [0.4, 0.5) is 5.13 Å². The summed E-state index contributed by atoms with van der Waals surface area (Å²) in [6.45, 7) is 8.66. The van der Waals surface area contributed by atoms with E-state index in [9.17, 15) is 0 Å². The number of nitrogens with zero attached hydrogens (tertiary/aromatic N) is 5. The van der Waals surface area contributed by atoms with Crippen molar-refractivity contribution in [2.24, 2.45) is 4.99 Å². The summed E-state index contributed by atoms with van der Waals surface area (Å²) >= 11 is 3.40. The van der Waals surface area contributed by atoms with Gasteiger partial charge in [-0.05, 0) is 26.7 Å². The molecule has 0 spiro atoms. The van der Waals surface area contributed by atoms with Crippen LogP contribution in [0, 0.1) is 0 Å². The van der Waals surface area contributed by atoms with Gasteiger partial charge in [0, 0.05) is 57.5 Å². The van der Waals surface area contributed by atoms with Crippen molar-refractivity contribution in [2.75, 3.05) is 45.2 Å². The Hall–Kier alpha value is -1.71. The molecule has 2 aromatic heterocycles. The molecule has 0 amide bonds. The minimum atomic E-state index is 0.0320. The Morgan fingerprint density at radius 3 is 2.76 bits per heavy atom. The van der Waals surface area contributed by atoms with Gasteiger partial charge in [-0.25, -0.2) is 9.97 Å². The van der Waals surface area contributed by atoms with Gasteiger partial charge in [-0.1, -0.05) is 0 Å². The SMILES string of the molecule is CCNC(=NCCc1csc(N2CCCC2)n1)N(C)Cc1csc(C(C)OC)n1. The highest BCUT2D eigenvalue weighted by molar-refractivity contribution is 7.13. The van der Waals surface area contributed by atoms with Crippen molar-refractivity contribution in [1.82, 2.24) is 20.2 Å². The molecule has 0 bridgehead atoms. The van der Waals surface area contributed by atoms with Crippen LogP contribution in [0.2, 0.25) is 0 Å². The number of aromatic nitrogens is 2. The van der Waals surface area contributed by atoms with Gasteiger partial charge in [0.05, 0.1) is 17.9 Å². The van der Waals surface area contributed by atoms with Crippen molar-refractivity contribution in [3.05, 3.63) is 27.2 Å². The molecular formula is C20H32N6OS2. The smallest absolute Gasteiger partial charge is 0.194 e. The minimum Gasteiger partial charge on any atom is -0.375 e. The summed E-state index contributed by atoms with van der Waals surface area (Å²) in [7, 11) is 3.76. The lowest BCUT2D eigenvalue weighted by Crippen LogP contribution is -2.38. The molecule has 3 rings (SSSR count). The number of methoxy groups -OCH3 is 1. The van der Waals surface area contributed by atoms with Gasteiger partial charge >= 0.3 is 0 Å². The van der Waals surface area contributed by atoms with Crippen LogP contribution in [0.3, 0.4) is 0 Å². The van der Waals surface area contributed by atoms with E-state index >= 15 is 0 Å². The van der Waals surface area contributed by atoms with E-state index in [4.69, 9.17) is 14.7 Å². The van der Waals surface area contributed by atoms with Crippen molar-refractivity contribution in [2.45, 2.75) is 45.8 Å². The predicted octanol–water partition coefficient (Wildman–Crippen LogP) is 3.55. The highest BCUT2D eigenvalue weighted by Gasteiger charge is 2.16. The molecule has 1 unspecified atom stereocenters. The molecule has 0 aromatic carbocycles. The molecule has 29 heavy (non-hydrogen) atoms. The number of hydrogen-bond acceptors (Lipinski definition) is 7. The first-order valence-electron chi connectivity index (χ1n) is 10.3. The van der Waals surface area contributed by atoms with Crippen LogP contribution in [0.15, 0.2) is 15.8 Å². The summed E-state index contributed by atoms with van der Waals surface area (Å²) in [4.78, 5) is 18.8. The number of aliphatic imine (C=N–C) groups is 1. The predicted molar refractivity (Wildman–Crippen MR) is 122 cm³/mol. The Balaban J connectivity index is 1.55. The summed E-state index contributed by atoms with van der Waals surface area (Å²) in [6.07, 6.45) is 3.45. The first kappa shape index (κ1) is 22.0. The van der Waals surface area contributed by atoms with Crippen LogP contribution >= 0.6 is 22.7 Å². The fourth-order valence-electron chi connectivity index (χ4n) is 3.21. The fourth-order valence-corrected chi connectivity index (χ4v) is 4.97. The van der Waals surface area contributed by atoms with Gasteiger partial charge in [0.25, 0.3) is 0 Å². The van der Waals surface area contributed by atoms with Crippen LogP contribution in [-0.4, -0.2) is 61.2 Å². The second kappa shape index (κ2) is 10.9. The molecule has 1 atom stereocenters. The maximum Gasteiger partial charge on any atom is 0.194 e. The van der Waals surface area contributed by atoms with Gasteiger partial charge in [-0.15, -0.1) is 22.7 Å². The maximum absolute atomic E-state index is 5.36. The third-order valence-corrected chi connectivity index (χ3v) is 6.92. The van der Waals surface area contributed by atoms with Crippen LogP contribution in [-0.2, 0) is 17.7 Å². The van der Waals surface area contributed by atoms with Crippen LogP contribution < -0.4 is 10.2 Å². The number of nitrogens with one attached hydrogen (secondary N) is 1. The second-order valence-corrected chi connectivity index (χ2v) is 8.94. The third kappa shape index (κ3) is 6.13. The van der Waals surface area contributed by atoms with Gasteiger partial charge in [-0.2, -0.15) is 0 Å². The van der Waals surface area contributed by atoms with Gasteiger partial charge in [-0.3, -0.25) is 4.99 Å². The summed E-state index contributed by atoms with van der Waals surface area (Å²) in [6, 6.07) is 0. The van der Waals surface area contributed by atoms with Gasteiger partial charge < -0.3 is 19.9 Å². The molecule has 160 valence electrons. The number of ether oxygens (including phenoxy) is 1. The van der Waals surface area contributed by atoms with Crippen molar-refractivity contribution < 1.29 is 4.74 Å². The molecule has 0 saturated carbocycles. The van der Waals surface area contributed by atoms with Crippen LogP contribution in [0.1, 0.15) is 49.2 Å². The lowest BCUT2D eigenvalue weighted by Gasteiger charge is -2.21. The van der Waals surface area contributed by atoms with Crippen LogP contribution in [0.5, 0.6) is 0 Å². The monoisotopic (exact) mass is 436 g/mol. The quantitative estimate of drug-likeness (QED) is 0.479. The summed E-state index contributed by atoms with van der Waals surface area (Å²) < 4.78 is 5.36. The molecule has 1 saturated heterocycles. The fraction of sp³-hybridized carbons (Fsp3) is 0.650. The first-order valence-corrected chi connectivity index (χ1v) is 12.0. The van der Waals surface area contributed by atoms with E-state index in [0.717, 1.165) is 60.1 Å². The average molecular weight is 437 g/mol. The zero-order chi connectivity index (χ0) is 20.6. The average Bonchev–Trinajstić information content (AvgIpc) is 3.47. The number of anilines is 1. The van der Waals surface area contributed by atoms with E-state index < -0.39 is 0 Å². The van der Waals surface area contributed by atoms with E-state index in [0.29, 0.717) is 6.54 Å². The number of guanidine groups is 1. The van der Waals surface area contributed by atoms with Gasteiger partial charge in [0.15, 0.2) is 11.1 Å². The summed E-state index contributed by atoms with van der Waals surface area (Å²) in [5.41, 5.74) is 2.17. The summed E-state index contributed by atoms with van der Waals surface area (Å²) in [5, 5.41) is 9.82. The molecule has 1 fully saturated rings. The minimum absolute atomic E-state index is 0.0320. The maximum atomic E-state index is 5.36. The lowest BCUT2D eigenvalue weighted by atomic mass is 10.3. The van der Waals surface area contributed by atoms with Crippen molar-refractivity contribution in [3.8, 4) is 0 Å². The first-order chi connectivity index (χ1) is 14.1. The zero-order valence-electron chi connectivity index (χ0n) is 17.8. The van der Waals surface area contributed by atoms with Crippen molar-refractivity contribution in [1.29, 1.82) is 0 Å². The number of thiazole rings is 2. The molecule has 9 heteroatoms. The topological polar surface area (TPSA) is 65.9 Å². The van der Waals surface area contributed by atoms with Crippen molar-refractivity contribution in [3.63, 3.8) is 0 Å². The number of hydrogen-bond donors (Lipinski definition) is 1. The molecule has 3 heterocycles. The molecule has 2 aromatic rings. The largest absolute Gasteiger partial charge is 0.375 e. The molecule has 0 radical (unpaired) electrons. The van der Waals surface area contributed by atoms with Gasteiger partial charge in [0.1, 0.15) is 11.1 Å². The molecular weight excluding hydrogens is 404 g/mol. The summed E-state index contributed by atoms with van der Waals surface area (Å²) in [5.74, 6) is 0.900. The zero-order valence-corrected chi connectivity index (χ0v) is 19.5. The van der Waals surface area contributed by atoms with E-state index in [2.05, 4.69) is 44.8 Å². The number of rotatable bonds is 9. The Labute approximate surface area is 181 Å². The third-order valence-electron chi connectivity index (χ3n) is 4.91. The van der Waals surface area contributed by atoms with Crippen LogP contribution in [0.25, 0.3) is 0 Å². The molecule has 1 aliphatic rings. The second-order valence-electron chi connectivity index (χ2n) is 7.21. The highest BCUT2D eigenvalue weighted by Crippen LogP contribution is 2.24. The van der Waals surface area contributed by atoms with E-state index in [1.165, 1.54) is 12.8 Å². The molecule has 1 N–H and O–H groups in total. The standard InChI is InChI=1S/C20H32N6OS2/c1-5-21-19(25(3)12-17-14-28-18(23-17)15(2)27-4)22-9-8-16-13-29-20(24-16)26-10-6-7-11-26/h13-15H,5-12H2,1-4H3,(H,21,22).